The van der Waals surface area contributed by atoms with Crippen LogP contribution in [0.3, 0.4) is 0 Å². The molecule has 0 radical (unpaired) electrons. The Labute approximate surface area is 236 Å². The number of nitriles is 1. The molecule has 5 rings (SSSR count). The summed E-state index contributed by atoms with van der Waals surface area (Å²) in [4.78, 5) is 34.7. The van der Waals surface area contributed by atoms with Gasteiger partial charge in [-0.2, -0.15) is 5.26 Å². The number of nitrogens with one attached hydrogen (secondary N) is 1. The number of urea groups is 1. The molecule has 0 bridgehead atoms. The minimum atomic E-state index is -0.555. The summed E-state index contributed by atoms with van der Waals surface area (Å²) in [7, 11) is 0. The van der Waals surface area contributed by atoms with E-state index >= 15 is 0 Å². The van der Waals surface area contributed by atoms with Gasteiger partial charge >= 0.3 is 6.03 Å². The van der Waals surface area contributed by atoms with Crippen molar-refractivity contribution in [3.05, 3.63) is 99.0 Å². The summed E-state index contributed by atoms with van der Waals surface area (Å²) in [5.74, 6) is 0.605. The van der Waals surface area contributed by atoms with Crippen LogP contribution in [0.1, 0.15) is 41.3 Å². The number of carbonyl (C=O) groups is 2. The quantitative estimate of drug-likeness (QED) is 0.453. The number of rotatable bonds is 5. The Kier molecular flexibility index (Phi) is 7.73. The lowest BCUT2D eigenvalue weighted by Crippen LogP contribution is -2.55. The second-order valence-corrected chi connectivity index (χ2v) is 10.00. The Bertz CT molecular complexity index is 1470. The molecular weight excluding hydrogens is 537 g/mol. The van der Waals surface area contributed by atoms with Crippen molar-refractivity contribution in [3.8, 4) is 11.8 Å². The van der Waals surface area contributed by atoms with E-state index in [4.69, 9.17) is 32.9 Å². The highest BCUT2D eigenvalue weighted by Gasteiger charge is 2.45. The van der Waals surface area contributed by atoms with Crippen molar-refractivity contribution in [3.63, 3.8) is 0 Å². The largest absolute Gasteiger partial charge is 0.493 e. The van der Waals surface area contributed by atoms with Crippen molar-refractivity contribution in [1.82, 2.24) is 15.1 Å². The SMILES string of the molecule is CCOc1cc(C#N)ccc1C1=N[C@@H](c2ccc(Cl)cc2)[C@@H](c2ccc(Cl)cc2)N1C(=O)N1CCNC(=O)C1. The number of benzene rings is 3. The van der Waals surface area contributed by atoms with Crippen molar-refractivity contribution in [2.75, 3.05) is 26.2 Å². The maximum absolute atomic E-state index is 14.3. The van der Waals surface area contributed by atoms with E-state index in [0.717, 1.165) is 11.1 Å². The highest BCUT2D eigenvalue weighted by molar-refractivity contribution is 6.30. The zero-order valence-corrected chi connectivity index (χ0v) is 22.6. The van der Waals surface area contributed by atoms with Gasteiger partial charge in [0.2, 0.25) is 5.91 Å². The maximum Gasteiger partial charge on any atom is 0.326 e. The smallest absolute Gasteiger partial charge is 0.326 e. The molecule has 2 aliphatic rings. The lowest BCUT2D eigenvalue weighted by Gasteiger charge is -2.35. The number of halogens is 2. The van der Waals surface area contributed by atoms with Crippen LogP contribution in [0, 0.1) is 11.3 Å². The summed E-state index contributed by atoms with van der Waals surface area (Å²) >= 11 is 12.4. The third-order valence-electron chi connectivity index (χ3n) is 6.66. The van der Waals surface area contributed by atoms with Crippen LogP contribution in [0.15, 0.2) is 71.7 Å². The third kappa shape index (κ3) is 5.42. The predicted octanol–water partition coefficient (Wildman–Crippen LogP) is 5.36. The van der Waals surface area contributed by atoms with E-state index in [1.165, 1.54) is 4.90 Å². The van der Waals surface area contributed by atoms with Crippen LogP contribution in [0.25, 0.3) is 0 Å². The molecule has 0 saturated carbocycles. The Balaban J connectivity index is 1.71. The van der Waals surface area contributed by atoms with Gasteiger partial charge in [0.15, 0.2) is 0 Å². The van der Waals surface area contributed by atoms with Crippen LogP contribution < -0.4 is 10.1 Å². The number of hydrogen-bond donors (Lipinski definition) is 1. The summed E-state index contributed by atoms with van der Waals surface area (Å²) in [6, 6.07) is 20.5. The van der Waals surface area contributed by atoms with Gasteiger partial charge in [0.1, 0.15) is 24.2 Å². The Morgan fingerprint density at radius 3 is 2.36 bits per heavy atom. The van der Waals surface area contributed by atoms with Crippen molar-refractivity contribution in [2.45, 2.75) is 19.0 Å². The zero-order valence-electron chi connectivity index (χ0n) is 21.1. The van der Waals surface area contributed by atoms with Crippen LogP contribution in [0.4, 0.5) is 4.79 Å². The van der Waals surface area contributed by atoms with E-state index < -0.39 is 12.1 Å². The highest BCUT2D eigenvalue weighted by Crippen LogP contribution is 2.45. The minimum Gasteiger partial charge on any atom is -0.493 e. The molecule has 0 spiro atoms. The van der Waals surface area contributed by atoms with Crippen molar-refractivity contribution in [1.29, 1.82) is 5.26 Å². The molecule has 2 heterocycles. The fraction of sp³-hybridized carbons (Fsp3) is 0.241. The molecule has 1 saturated heterocycles. The number of amidine groups is 1. The number of hydrogen-bond acceptors (Lipinski definition) is 5. The number of amides is 3. The Hall–Kier alpha value is -4.06. The molecule has 0 aromatic heterocycles. The van der Waals surface area contributed by atoms with Gasteiger partial charge in [0.05, 0.1) is 29.8 Å². The molecule has 10 heteroatoms. The Morgan fingerprint density at radius 2 is 1.74 bits per heavy atom. The molecular formula is C29H25Cl2N5O3. The fourth-order valence-corrected chi connectivity index (χ4v) is 5.11. The zero-order chi connectivity index (χ0) is 27.5. The molecule has 1 fully saturated rings. The average Bonchev–Trinajstić information content (AvgIpc) is 3.34. The average molecular weight is 562 g/mol. The second kappa shape index (κ2) is 11.4. The minimum absolute atomic E-state index is 0.0623. The van der Waals surface area contributed by atoms with Crippen LogP contribution >= 0.6 is 23.2 Å². The van der Waals surface area contributed by atoms with Gasteiger partial charge < -0.3 is 15.0 Å². The number of carbonyl (C=O) groups excluding carboxylic acids is 2. The van der Waals surface area contributed by atoms with E-state index in [-0.39, 0.29) is 18.5 Å². The third-order valence-corrected chi connectivity index (χ3v) is 7.16. The van der Waals surface area contributed by atoms with Crippen LogP contribution in [-0.2, 0) is 4.79 Å². The fourth-order valence-electron chi connectivity index (χ4n) is 4.86. The van der Waals surface area contributed by atoms with Crippen molar-refractivity contribution in [2.24, 2.45) is 4.99 Å². The van der Waals surface area contributed by atoms with Crippen LogP contribution in [0.2, 0.25) is 10.0 Å². The summed E-state index contributed by atoms with van der Waals surface area (Å²) in [5.41, 5.74) is 2.67. The number of nitrogens with zero attached hydrogens (tertiary/aromatic N) is 4. The van der Waals surface area contributed by atoms with E-state index in [9.17, 15) is 14.9 Å². The van der Waals surface area contributed by atoms with Gasteiger partial charge in [-0.25, -0.2) is 4.79 Å². The lowest BCUT2D eigenvalue weighted by molar-refractivity contribution is -0.123. The summed E-state index contributed by atoms with van der Waals surface area (Å²) in [5, 5.41) is 13.4. The second-order valence-electron chi connectivity index (χ2n) is 9.13. The molecule has 198 valence electrons. The maximum atomic E-state index is 14.3. The molecule has 2 atom stereocenters. The van der Waals surface area contributed by atoms with Crippen molar-refractivity contribution >= 4 is 41.0 Å². The molecule has 0 unspecified atom stereocenters. The van der Waals surface area contributed by atoms with E-state index in [1.807, 2.05) is 31.2 Å². The summed E-state index contributed by atoms with van der Waals surface area (Å²) in [6.07, 6.45) is 0. The van der Waals surface area contributed by atoms with Gasteiger partial charge in [0.25, 0.3) is 0 Å². The van der Waals surface area contributed by atoms with E-state index in [0.29, 0.717) is 52.5 Å². The first-order valence-corrected chi connectivity index (χ1v) is 13.3. The van der Waals surface area contributed by atoms with E-state index in [2.05, 4.69) is 11.4 Å². The first-order valence-electron chi connectivity index (χ1n) is 12.5. The monoisotopic (exact) mass is 561 g/mol. The lowest BCUT2D eigenvalue weighted by atomic mass is 9.93. The summed E-state index contributed by atoms with van der Waals surface area (Å²) in [6.45, 7) is 2.86. The molecule has 3 aromatic carbocycles. The van der Waals surface area contributed by atoms with Gasteiger partial charge in [-0.1, -0.05) is 47.5 Å². The standard InChI is InChI=1S/C29H25Cl2N5O3/c1-2-39-24-15-18(16-32)3-12-23(24)28-34-26(19-4-8-21(30)9-5-19)27(20-6-10-22(31)11-7-20)36(28)29(38)35-14-13-33-25(37)17-35/h3-12,15,26-27H,2,13-14,17H2,1H3,(H,33,37)/t26-,27+/m0/s1. The van der Waals surface area contributed by atoms with Gasteiger partial charge in [-0.05, 0) is 60.5 Å². The highest BCUT2D eigenvalue weighted by atomic mass is 35.5. The molecule has 8 nitrogen and oxygen atoms in total. The Morgan fingerprint density at radius 1 is 1.08 bits per heavy atom. The molecule has 3 amide bonds. The molecule has 39 heavy (non-hydrogen) atoms. The molecule has 0 aliphatic carbocycles. The number of ether oxygens (including phenoxy) is 1. The number of piperazine rings is 1. The molecule has 3 aromatic rings. The topological polar surface area (TPSA) is 98.0 Å². The summed E-state index contributed by atoms with van der Waals surface area (Å²) < 4.78 is 5.91. The first-order chi connectivity index (χ1) is 18.9. The normalized spacial score (nSPS) is 18.8. The molecule has 1 N–H and O–H groups in total. The molecule has 2 aliphatic heterocycles. The number of aliphatic imine (C=N–C) groups is 1. The first kappa shape index (κ1) is 26.5. The van der Waals surface area contributed by atoms with Crippen LogP contribution in [0.5, 0.6) is 5.75 Å². The predicted molar refractivity (Wildman–Crippen MR) is 149 cm³/mol. The van der Waals surface area contributed by atoms with E-state index in [1.54, 1.807) is 47.4 Å². The van der Waals surface area contributed by atoms with Gasteiger partial charge in [-0.15, -0.1) is 0 Å². The van der Waals surface area contributed by atoms with Crippen LogP contribution in [-0.4, -0.2) is 53.8 Å². The van der Waals surface area contributed by atoms with Crippen molar-refractivity contribution < 1.29 is 14.3 Å². The van der Waals surface area contributed by atoms with Gasteiger partial charge in [-0.3, -0.25) is 14.7 Å². The van der Waals surface area contributed by atoms with Gasteiger partial charge in [0, 0.05) is 23.1 Å².